The maximum atomic E-state index is 5.75. The number of alkyl halides is 1. The number of hydrogen-bond donors (Lipinski definition) is 1. The first-order valence-corrected chi connectivity index (χ1v) is 6.69. The molecule has 0 aromatic heterocycles. The van der Waals surface area contributed by atoms with Crippen molar-refractivity contribution < 1.29 is 0 Å². The van der Waals surface area contributed by atoms with Crippen LogP contribution in [0.15, 0.2) is 0 Å². The average molecular weight is 214 g/mol. The van der Waals surface area contributed by atoms with Gasteiger partial charge in [-0.2, -0.15) is 0 Å². The Morgan fingerprint density at radius 3 is 2.00 bits per heavy atom. The number of halogens is 1. The molecule has 0 radical (unpaired) electrons. The third-order valence-corrected chi connectivity index (χ3v) is 4.89. The Morgan fingerprint density at radius 1 is 0.929 bits per heavy atom. The molecule has 1 nitrogen and oxygen atoms in total. The van der Waals surface area contributed by atoms with Crippen molar-refractivity contribution in [3.8, 4) is 0 Å². The molecule has 0 atom stereocenters. The molecule has 1 N–H and O–H groups in total. The summed E-state index contributed by atoms with van der Waals surface area (Å²) < 4.78 is 0. The van der Waals surface area contributed by atoms with Gasteiger partial charge >= 0.3 is 0 Å². The van der Waals surface area contributed by atoms with Gasteiger partial charge in [-0.25, -0.2) is 0 Å². The van der Waals surface area contributed by atoms with Crippen LogP contribution in [0, 0.1) is 23.7 Å². The van der Waals surface area contributed by atoms with Gasteiger partial charge in [0.15, 0.2) is 0 Å². The maximum absolute atomic E-state index is 5.75. The molecule has 4 aliphatic rings. The van der Waals surface area contributed by atoms with Crippen LogP contribution in [0.25, 0.3) is 0 Å². The van der Waals surface area contributed by atoms with Gasteiger partial charge in [0.05, 0.1) is 0 Å². The molecule has 4 aliphatic carbocycles. The van der Waals surface area contributed by atoms with Crippen molar-refractivity contribution in [2.45, 2.75) is 38.1 Å². The van der Waals surface area contributed by atoms with Crippen LogP contribution in [0.1, 0.15) is 32.1 Å². The minimum atomic E-state index is 0.767. The van der Waals surface area contributed by atoms with E-state index < -0.39 is 0 Å². The number of rotatable bonds is 3. The van der Waals surface area contributed by atoms with Crippen molar-refractivity contribution >= 4 is 11.6 Å². The predicted molar refractivity (Wildman–Crippen MR) is 59.6 cm³/mol. The second kappa shape index (κ2) is 3.68. The highest BCUT2D eigenvalue weighted by Gasteiger charge is 2.47. The minimum absolute atomic E-state index is 0.767. The van der Waals surface area contributed by atoms with E-state index in [-0.39, 0.29) is 0 Å². The van der Waals surface area contributed by atoms with Crippen LogP contribution in [0.5, 0.6) is 0 Å². The molecule has 2 heteroatoms. The maximum Gasteiger partial charge on any atom is 0.0348 e. The summed E-state index contributed by atoms with van der Waals surface area (Å²) in [6.07, 6.45) is 7.58. The summed E-state index contributed by atoms with van der Waals surface area (Å²) in [4.78, 5) is 0. The van der Waals surface area contributed by atoms with Gasteiger partial charge in [-0.3, -0.25) is 0 Å². The Labute approximate surface area is 91.6 Å². The quantitative estimate of drug-likeness (QED) is 0.711. The first-order chi connectivity index (χ1) is 6.86. The average Bonchev–Trinajstić information content (AvgIpc) is 2.15. The van der Waals surface area contributed by atoms with E-state index in [0.717, 1.165) is 42.1 Å². The monoisotopic (exact) mass is 213 g/mol. The molecular formula is C12H20ClN. The van der Waals surface area contributed by atoms with Gasteiger partial charge < -0.3 is 5.32 Å². The number of hydrogen-bond acceptors (Lipinski definition) is 1. The second-order valence-corrected chi connectivity index (χ2v) is 5.98. The SMILES string of the molecule is ClCCNC1C2CC3CC(C2)CC1C3. The van der Waals surface area contributed by atoms with Gasteiger partial charge in [-0.05, 0) is 55.8 Å². The molecule has 0 saturated heterocycles. The van der Waals surface area contributed by atoms with Gasteiger partial charge in [-0.15, -0.1) is 11.6 Å². The van der Waals surface area contributed by atoms with E-state index >= 15 is 0 Å². The van der Waals surface area contributed by atoms with Crippen LogP contribution in [0.4, 0.5) is 0 Å². The molecule has 0 aromatic carbocycles. The van der Waals surface area contributed by atoms with E-state index in [4.69, 9.17) is 11.6 Å². The molecule has 4 bridgehead atoms. The summed E-state index contributed by atoms with van der Waals surface area (Å²) in [6.45, 7) is 1.01. The van der Waals surface area contributed by atoms with Crippen LogP contribution in [-0.4, -0.2) is 18.5 Å². The fourth-order valence-electron chi connectivity index (χ4n) is 4.48. The molecule has 0 aromatic rings. The molecule has 4 fully saturated rings. The largest absolute Gasteiger partial charge is 0.312 e. The lowest BCUT2D eigenvalue weighted by atomic mass is 9.54. The summed E-state index contributed by atoms with van der Waals surface area (Å²) in [6, 6.07) is 0.821. The molecule has 0 spiro atoms. The lowest BCUT2D eigenvalue weighted by molar-refractivity contribution is -0.0128. The molecule has 0 unspecified atom stereocenters. The highest BCUT2D eigenvalue weighted by atomic mass is 35.5. The highest BCUT2D eigenvalue weighted by molar-refractivity contribution is 6.18. The lowest BCUT2D eigenvalue weighted by Gasteiger charge is -2.54. The summed E-state index contributed by atoms with van der Waals surface area (Å²) in [7, 11) is 0. The fourth-order valence-corrected chi connectivity index (χ4v) is 4.59. The topological polar surface area (TPSA) is 12.0 Å². The van der Waals surface area contributed by atoms with Crippen molar-refractivity contribution in [1.82, 2.24) is 5.32 Å². The van der Waals surface area contributed by atoms with Crippen molar-refractivity contribution in [3.05, 3.63) is 0 Å². The molecule has 14 heavy (non-hydrogen) atoms. The van der Waals surface area contributed by atoms with Gasteiger partial charge in [-0.1, -0.05) is 0 Å². The summed E-state index contributed by atoms with van der Waals surface area (Å²) in [5.41, 5.74) is 0. The normalized spacial score (nSPS) is 49.9. The lowest BCUT2D eigenvalue weighted by Crippen LogP contribution is -2.54. The van der Waals surface area contributed by atoms with E-state index in [9.17, 15) is 0 Å². The molecule has 0 heterocycles. The molecule has 4 rings (SSSR count). The zero-order valence-corrected chi connectivity index (χ0v) is 9.47. The van der Waals surface area contributed by atoms with Gasteiger partial charge in [0.2, 0.25) is 0 Å². The summed E-state index contributed by atoms with van der Waals surface area (Å²) in [5, 5.41) is 3.68. The standard InChI is InChI=1S/C12H20ClN/c13-1-2-14-12-10-4-8-3-9(6-10)7-11(12)5-8/h8-12,14H,1-7H2. The van der Waals surface area contributed by atoms with E-state index in [1.165, 1.54) is 25.7 Å². The van der Waals surface area contributed by atoms with Gasteiger partial charge in [0, 0.05) is 18.5 Å². The Bertz CT molecular complexity index is 188. The molecule has 4 saturated carbocycles. The highest BCUT2D eigenvalue weighted by Crippen LogP contribution is 2.53. The van der Waals surface area contributed by atoms with E-state index in [1.54, 1.807) is 6.42 Å². The van der Waals surface area contributed by atoms with Crippen molar-refractivity contribution in [2.24, 2.45) is 23.7 Å². The Kier molecular flexibility index (Phi) is 2.49. The van der Waals surface area contributed by atoms with Crippen molar-refractivity contribution in [2.75, 3.05) is 12.4 Å². The van der Waals surface area contributed by atoms with Crippen LogP contribution >= 0.6 is 11.6 Å². The summed E-state index contributed by atoms with van der Waals surface area (Å²) in [5.74, 6) is 4.94. The Hall–Kier alpha value is 0.250. The third kappa shape index (κ3) is 1.49. The zero-order chi connectivity index (χ0) is 9.54. The van der Waals surface area contributed by atoms with Crippen LogP contribution in [0.2, 0.25) is 0 Å². The summed E-state index contributed by atoms with van der Waals surface area (Å²) >= 11 is 5.75. The van der Waals surface area contributed by atoms with E-state index in [0.29, 0.717) is 0 Å². The first-order valence-electron chi connectivity index (χ1n) is 6.16. The minimum Gasteiger partial charge on any atom is -0.312 e. The predicted octanol–water partition coefficient (Wildman–Crippen LogP) is 2.64. The Balaban J connectivity index is 1.69. The number of nitrogens with one attached hydrogen (secondary N) is 1. The second-order valence-electron chi connectivity index (χ2n) is 5.60. The van der Waals surface area contributed by atoms with Crippen LogP contribution < -0.4 is 5.32 Å². The van der Waals surface area contributed by atoms with Gasteiger partial charge in [0.25, 0.3) is 0 Å². The molecule has 80 valence electrons. The van der Waals surface area contributed by atoms with Gasteiger partial charge in [0.1, 0.15) is 0 Å². The Morgan fingerprint density at radius 2 is 1.50 bits per heavy atom. The van der Waals surface area contributed by atoms with E-state index in [1.807, 2.05) is 0 Å². The molecular weight excluding hydrogens is 194 g/mol. The van der Waals surface area contributed by atoms with Crippen LogP contribution in [-0.2, 0) is 0 Å². The van der Waals surface area contributed by atoms with Crippen molar-refractivity contribution in [1.29, 1.82) is 0 Å². The fraction of sp³-hybridized carbons (Fsp3) is 1.00. The van der Waals surface area contributed by atoms with Crippen molar-refractivity contribution in [3.63, 3.8) is 0 Å². The van der Waals surface area contributed by atoms with Crippen LogP contribution in [0.3, 0.4) is 0 Å². The first kappa shape index (κ1) is 9.47. The molecule has 0 amide bonds. The zero-order valence-electron chi connectivity index (χ0n) is 8.71. The smallest absolute Gasteiger partial charge is 0.0348 e. The third-order valence-electron chi connectivity index (χ3n) is 4.70. The molecule has 0 aliphatic heterocycles. The van der Waals surface area contributed by atoms with E-state index in [2.05, 4.69) is 5.32 Å².